The van der Waals surface area contributed by atoms with Crippen LogP contribution in [0.2, 0.25) is 0 Å². The van der Waals surface area contributed by atoms with E-state index in [2.05, 4.69) is 10.00 Å². The lowest BCUT2D eigenvalue weighted by Crippen LogP contribution is -2.30. The van der Waals surface area contributed by atoms with Crippen LogP contribution in [0.3, 0.4) is 0 Å². The number of rotatable bonds is 3. The van der Waals surface area contributed by atoms with Crippen molar-refractivity contribution in [2.45, 2.75) is 25.7 Å². The first-order valence-corrected chi connectivity index (χ1v) is 5.66. The first kappa shape index (κ1) is 11.0. The van der Waals surface area contributed by atoms with Crippen LogP contribution >= 0.6 is 0 Å². The number of aliphatic carboxylic acids is 1. The maximum Gasteiger partial charge on any atom is 0.309 e. The van der Waals surface area contributed by atoms with Crippen molar-refractivity contribution in [2.75, 3.05) is 18.0 Å². The molecule has 0 saturated carbocycles. The number of anilines is 1. The average molecular weight is 223 g/mol. The highest BCUT2D eigenvalue weighted by Crippen LogP contribution is 2.20. The molecule has 2 rings (SSSR count). The van der Waals surface area contributed by atoms with Crippen molar-refractivity contribution in [1.82, 2.24) is 9.78 Å². The van der Waals surface area contributed by atoms with Crippen molar-refractivity contribution >= 4 is 11.8 Å². The van der Waals surface area contributed by atoms with E-state index in [9.17, 15) is 4.79 Å². The van der Waals surface area contributed by atoms with Gasteiger partial charge in [-0.25, -0.2) is 0 Å². The standard InChI is InChI=1S/C11H17N3O2/c1-13-10(14-5-3-2-4-6-14)7-9(12-13)8-11(15)16/h7H,2-6,8H2,1H3,(H,15,16). The van der Waals surface area contributed by atoms with Crippen LogP contribution in [0.1, 0.15) is 25.0 Å². The Morgan fingerprint density at radius 1 is 1.44 bits per heavy atom. The number of carboxylic acid groups (broad SMARTS) is 1. The van der Waals surface area contributed by atoms with Gasteiger partial charge in [0.15, 0.2) is 0 Å². The molecule has 1 aromatic heterocycles. The van der Waals surface area contributed by atoms with Gasteiger partial charge in [-0.05, 0) is 19.3 Å². The zero-order valence-corrected chi connectivity index (χ0v) is 9.52. The molecule has 16 heavy (non-hydrogen) atoms. The lowest BCUT2D eigenvalue weighted by molar-refractivity contribution is -0.136. The van der Waals surface area contributed by atoms with Gasteiger partial charge in [0.05, 0.1) is 12.1 Å². The minimum Gasteiger partial charge on any atom is -0.481 e. The number of nitrogens with zero attached hydrogens (tertiary/aromatic N) is 3. The van der Waals surface area contributed by atoms with Crippen LogP contribution in [-0.4, -0.2) is 33.9 Å². The minimum absolute atomic E-state index is 0.00167. The summed E-state index contributed by atoms with van der Waals surface area (Å²) in [4.78, 5) is 12.9. The molecule has 1 aliphatic heterocycles. The van der Waals surface area contributed by atoms with E-state index < -0.39 is 5.97 Å². The zero-order chi connectivity index (χ0) is 11.5. The summed E-state index contributed by atoms with van der Waals surface area (Å²) in [5.74, 6) is 0.208. The molecular weight excluding hydrogens is 206 g/mol. The van der Waals surface area contributed by atoms with Gasteiger partial charge in [-0.1, -0.05) is 0 Å². The van der Waals surface area contributed by atoms with Crippen molar-refractivity contribution in [3.8, 4) is 0 Å². The number of aryl methyl sites for hydroxylation is 1. The third-order valence-corrected chi connectivity index (χ3v) is 2.92. The summed E-state index contributed by atoms with van der Waals surface area (Å²) in [6, 6.07) is 1.89. The Morgan fingerprint density at radius 3 is 2.75 bits per heavy atom. The van der Waals surface area contributed by atoms with Crippen molar-refractivity contribution < 1.29 is 9.90 Å². The van der Waals surface area contributed by atoms with Gasteiger partial charge in [-0.2, -0.15) is 5.10 Å². The summed E-state index contributed by atoms with van der Waals surface area (Å²) >= 11 is 0. The van der Waals surface area contributed by atoms with Gasteiger partial charge in [0.1, 0.15) is 5.82 Å². The minimum atomic E-state index is -0.830. The van der Waals surface area contributed by atoms with Gasteiger partial charge < -0.3 is 10.0 Å². The van der Waals surface area contributed by atoms with Crippen LogP contribution in [0.4, 0.5) is 5.82 Å². The Bertz CT molecular complexity index is 381. The number of aromatic nitrogens is 2. The van der Waals surface area contributed by atoms with Gasteiger partial charge in [0.25, 0.3) is 0 Å². The molecule has 5 nitrogen and oxygen atoms in total. The lowest BCUT2D eigenvalue weighted by atomic mass is 10.1. The molecule has 0 aromatic carbocycles. The van der Waals surface area contributed by atoms with Crippen molar-refractivity contribution in [2.24, 2.45) is 7.05 Å². The Labute approximate surface area is 94.7 Å². The topological polar surface area (TPSA) is 58.4 Å². The molecule has 1 saturated heterocycles. The second-order valence-electron chi connectivity index (χ2n) is 4.24. The number of carboxylic acids is 1. The van der Waals surface area contributed by atoms with Gasteiger partial charge in [-0.15, -0.1) is 0 Å². The molecule has 0 atom stereocenters. The first-order valence-electron chi connectivity index (χ1n) is 5.66. The zero-order valence-electron chi connectivity index (χ0n) is 9.52. The normalized spacial score (nSPS) is 16.4. The Kier molecular flexibility index (Phi) is 3.12. The highest BCUT2D eigenvalue weighted by Gasteiger charge is 2.16. The maximum atomic E-state index is 10.6. The second kappa shape index (κ2) is 4.55. The molecule has 5 heteroatoms. The number of carbonyl (C=O) groups is 1. The molecule has 0 aliphatic carbocycles. The van der Waals surface area contributed by atoms with E-state index in [1.54, 1.807) is 4.68 Å². The fourth-order valence-electron chi connectivity index (χ4n) is 2.18. The van der Waals surface area contributed by atoms with Crippen LogP contribution in [0, 0.1) is 0 Å². The Hall–Kier alpha value is -1.52. The summed E-state index contributed by atoms with van der Waals surface area (Å²) in [5, 5.41) is 12.9. The third kappa shape index (κ3) is 2.35. The predicted octanol–water partition coefficient (Wildman–Crippen LogP) is 1.04. The van der Waals surface area contributed by atoms with E-state index in [0.29, 0.717) is 5.69 Å². The fraction of sp³-hybridized carbons (Fsp3) is 0.636. The van der Waals surface area contributed by atoms with Crippen LogP contribution in [0.5, 0.6) is 0 Å². The van der Waals surface area contributed by atoms with E-state index in [4.69, 9.17) is 5.11 Å². The van der Waals surface area contributed by atoms with Gasteiger partial charge in [0, 0.05) is 26.2 Å². The summed E-state index contributed by atoms with van der Waals surface area (Å²) in [6.45, 7) is 2.10. The predicted molar refractivity (Wildman–Crippen MR) is 60.6 cm³/mol. The maximum absolute atomic E-state index is 10.6. The molecule has 1 N–H and O–H groups in total. The molecule has 0 bridgehead atoms. The van der Waals surface area contributed by atoms with E-state index in [1.807, 2.05) is 13.1 Å². The number of hydrogen-bond acceptors (Lipinski definition) is 3. The van der Waals surface area contributed by atoms with Crippen LogP contribution in [0.25, 0.3) is 0 Å². The summed E-state index contributed by atoms with van der Waals surface area (Å²) in [7, 11) is 1.87. The van der Waals surface area contributed by atoms with E-state index in [1.165, 1.54) is 19.3 Å². The van der Waals surface area contributed by atoms with E-state index in [0.717, 1.165) is 18.9 Å². The number of hydrogen-bond donors (Lipinski definition) is 1. The molecule has 0 unspecified atom stereocenters. The van der Waals surface area contributed by atoms with Crippen molar-refractivity contribution in [3.63, 3.8) is 0 Å². The smallest absolute Gasteiger partial charge is 0.309 e. The highest BCUT2D eigenvalue weighted by atomic mass is 16.4. The molecule has 0 amide bonds. The molecular formula is C11H17N3O2. The fourth-order valence-corrected chi connectivity index (χ4v) is 2.18. The molecule has 0 radical (unpaired) electrons. The van der Waals surface area contributed by atoms with Crippen LogP contribution < -0.4 is 4.90 Å². The van der Waals surface area contributed by atoms with Gasteiger partial charge in [0.2, 0.25) is 0 Å². The first-order chi connectivity index (χ1) is 7.66. The molecule has 2 heterocycles. The second-order valence-corrected chi connectivity index (χ2v) is 4.24. The Morgan fingerprint density at radius 2 is 2.12 bits per heavy atom. The summed E-state index contributed by atoms with van der Waals surface area (Å²) in [6.07, 6.45) is 3.71. The molecule has 1 aromatic rings. The molecule has 0 spiro atoms. The highest BCUT2D eigenvalue weighted by molar-refractivity contribution is 5.70. The summed E-state index contributed by atoms with van der Waals surface area (Å²) < 4.78 is 1.78. The van der Waals surface area contributed by atoms with Crippen molar-refractivity contribution in [1.29, 1.82) is 0 Å². The lowest BCUT2D eigenvalue weighted by Gasteiger charge is -2.28. The van der Waals surface area contributed by atoms with E-state index in [-0.39, 0.29) is 6.42 Å². The third-order valence-electron chi connectivity index (χ3n) is 2.92. The largest absolute Gasteiger partial charge is 0.481 e. The van der Waals surface area contributed by atoms with E-state index >= 15 is 0 Å². The molecule has 88 valence electrons. The summed E-state index contributed by atoms with van der Waals surface area (Å²) in [5.41, 5.74) is 0.635. The Balaban J connectivity index is 2.13. The quantitative estimate of drug-likeness (QED) is 0.831. The van der Waals surface area contributed by atoms with Gasteiger partial charge in [-0.3, -0.25) is 9.48 Å². The van der Waals surface area contributed by atoms with Crippen LogP contribution in [-0.2, 0) is 18.3 Å². The van der Waals surface area contributed by atoms with Crippen LogP contribution in [0.15, 0.2) is 6.07 Å². The average Bonchev–Trinajstić information content (AvgIpc) is 2.60. The monoisotopic (exact) mass is 223 g/mol. The SMILES string of the molecule is Cn1nc(CC(=O)O)cc1N1CCCCC1. The molecule has 1 fully saturated rings. The van der Waals surface area contributed by atoms with Crippen molar-refractivity contribution in [3.05, 3.63) is 11.8 Å². The number of piperidine rings is 1. The molecule has 1 aliphatic rings. The van der Waals surface area contributed by atoms with Gasteiger partial charge >= 0.3 is 5.97 Å².